The Kier molecular flexibility index (Phi) is 27.0. The maximum absolute atomic E-state index is 16.0. The molecule has 8 aliphatic heterocycles. The molecular formula is C72H87Cl2N9O30. The molecule has 113 heavy (non-hydrogen) atoms. The van der Waals surface area contributed by atoms with E-state index in [0.717, 1.165) is 66.7 Å². The minimum Gasteiger partial charge on any atom is -0.508 e. The summed E-state index contributed by atoms with van der Waals surface area (Å²) in [5, 5.41) is 175. The Morgan fingerprint density at radius 2 is 1.22 bits per heavy atom. The third-order valence-corrected chi connectivity index (χ3v) is 20.2. The van der Waals surface area contributed by atoms with Gasteiger partial charge in [-0.05, 0) is 110 Å². The molecule has 7 amide bonds. The van der Waals surface area contributed by atoms with E-state index in [4.69, 9.17) is 88.6 Å². The van der Waals surface area contributed by atoms with Crippen molar-refractivity contribution < 1.29 is 148 Å². The zero-order valence-corrected chi connectivity index (χ0v) is 62.1. The molecule has 1 unspecified atom stereocenters. The summed E-state index contributed by atoms with van der Waals surface area (Å²) >= 11 is 14.1. The van der Waals surface area contributed by atoms with Gasteiger partial charge in [0.1, 0.15) is 114 Å². The molecule has 39 nitrogen and oxygen atoms in total. The van der Waals surface area contributed by atoms with Crippen molar-refractivity contribution >= 4 is 70.5 Å². The van der Waals surface area contributed by atoms with Crippen molar-refractivity contribution in [2.45, 2.75) is 187 Å². The standard InChI is InChI=1S/C66H75Cl2N9O24.C6H12O6/c1-23(2)12-34(71-5)58(88)76-49-51(83)26-7-10-38(32(67)14-26)97-40-16-28-17-41(55(40)101-65-56(54(86)53(85)42(22-78)99-65)100-44-21-66(4,70)57(87)24(3)96-44)98-39-11-8-27(15-33(39)68)52(84)50-63(93)75-48(64(94)95)31-18-29(79)19-37(81)45(31)30-13-25(6-9-36(30)80)46(60(90)77-50)74-61(91)47(28)73-59(89)35(20-43(69)82)72-62(49)92;7-1-2-3(8)4(9)5(10)6(11)12-2/h6-11,13-19,23-24,34-35,42,44,46-54,56-57,65,71,78-81,83-87H,12,20-22,70H2,1-5H3,(H2,69,82)(H,72,92)(H,73,89)(H,74,91)(H,75,93)(H,76,88)(H,77,90)(H,94,95);2-11H,1H2/t24-,34+,35-,42+,44-,46+,47+,48+,49+,50-,51+,52+,53+,54-,56+,57?,65-,66-;2-,3+,4+,5-,6+/m01/s1. The lowest BCUT2D eigenvalue weighted by molar-refractivity contribution is -0.333. The van der Waals surface area contributed by atoms with Gasteiger partial charge in [0.05, 0.1) is 47.9 Å². The summed E-state index contributed by atoms with van der Waals surface area (Å²) in [5.41, 5.74) is 8.00. The number of phenolic OH excluding ortho intramolecular Hbond substituents is 3. The summed E-state index contributed by atoms with van der Waals surface area (Å²) in [7, 11) is 1.47. The molecule has 26 N–H and O–H groups in total. The number of carboxylic acid groups (broad SMARTS) is 1. The Morgan fingerprint density at radius 1 is 0.646 bits per heavy atom. The lowest BCUT2D eigenvalue weighted by Crippen LogP contribution is -2.64. The van der Waals surface area contributed by atoms with E-state index in [-0.39, 0.29) is 46.2 Å². The van der Waals surface area contributed by atoms with Crippen molar-refractivity contribution in [3.05, 3.63) is 117 Å². The Morgan fingerprint density at radius 3 is 1.80 bits per heavy atom. The van der Waals surface area contributed by atoms with E-state index < -0.39 is 274 Å². The lowest BCUT2D eigenvalue weighted by atomic mass is 9.86. The van der Waals surface area contributed by atoms with Gasteiger partial charge in [-0.1, -0.05) is 55.2 Å². The van der Waals surface area contributed by atoms with Gasteiger partial charge < -0.3 is 158 Å². The van der Waals surface area contributed by atoms with Gasteiger partial charge >= 0.3 is 5.97 Å². The quantitative estimate of drug-likeness (QED) is 0.0523. The number of fused-ring (bicyclic) bond motifs is 15. The first-order valence-corrected chi connectivity index (χ1v) is 35.9. The number of aliphatic carboxylic acids is 1. The largest absolute Gasteiger partial charge is 0.508 e. The van der Waals surface area contributed by atoms with Crippen molar-refractivity contribution in [3.63, 3.8) is 0 Å². The molecule has 0 aliphatic carbocycles. The zero-order chi connectivity index (χ0) is 82.8. The molecule has 23 atom stereocenters. The molecule has 3 saturated heterocycles. The van der Waals surface area contributed by atoms with Crippen LogP contribution in [0.25, 0.3) is 11.1 Å². The summed E-state index contributed by atoms with van der Waals surface area (Å²) in [4.78, 5) is 117. The molecular weight excluding hydrogens is 1540 g/mol. The highest BCUT2D eigenvalue weighted by Crippen LogP contribution is 2.50. The van der Waals surface area contributed by atoms with Gasteiger partial charge in [0.25, 0.3) is 0 Å². The van der Waals surface area contributed by atoms with Crippen LogP contribution in [0.1, 0.15) is 105 Å². The average Bonchev–Trinajstić information content (AvgIpc) is 0.764. The number of hydrogen-bond acceptors (Lipinski definition) is 31. The van der Waals surface area contributed by atoms with Crippen LogP contribution in [0, 0.1) is 5.92 Å². The first kappa shape index (κ1) is 86.0. The number of phenols is 3. The number of halogens is 2. The fraction of sp³-hybridized carbons (Fsp3) is 0.472. The second-order valence-corrected chi connectivity index (χ2v) is 29.2. The highest BCUT2D eigenvalue weighted by atomic mass is 35.5. The number of likely N-dealkylation sites (N-methyl/N-ethyl adjacent to an activating group) is 1. The lowest BCUT2D eigenvalue weighted by Gasteiger charge is -2.47. The molecule has 5 aromatic carbocycles. The van der Waals surface area contributed by atoms with Gasteiger partial charge in [-0.15, -0.1) is 0 Å². The maximum atomic E-state index is 16.0. The van der Waals surface area contributed by atoms with Gasteiger partial charge in [-0.2, -0.15) is 0 Å². The van der Waals surface area contributed by atoms with Gasteiger partial charge in [0.15, 0.2) is 36.2 Å². The Balaban J connectivity index is 0.00000103. The highest BCUT2D eigenvalue weighted by Gasteiger charge is 2.52. The average molecular weight is 1630 g/mol. The van der Waals surface area contributed by atoms with E-state index in [1.165, 1.54) is 33.0 Å². The third-order valence-electron chi connectivity index (χ3n) is 19.6. The summed E-state index contributed by atoms with van der Waals surface area (Å²) < 4.78 is 42.9. The topological polar surface area (TPSA) is 641 Å². The van der Waals surface area contributed by atoms with E-state index in [1.54, 1.807) is 0 Å². The molecule has 0 spiro atoms. The molecule has 5 aromatic rings. The molecule has 11 bridgehead atoms. The number of ether oxygens (including phenoxy) is 7. The van der Waals surface area contributed by atoms with E-state index in [2.05, 4.69) is 42.0 Å². The van der Waals surface area contributed by atoms with Crippen LogP contribution in [0.3, 0.4) is 0 Å². The van der Waals surface area contributed by atoms with Crippen molar-refractivity contribution in [2.24, 2.45) is 17.4 Å². The number of nitrogens with two attached hydrogens (primary N) is 2. The van der Waals surface area contributed by atoms with Gasteiger partial charge in [0, 0.05) is 34.7 Å². The normalized spacial score (nSPS) is 31.5. The second-order valence-electron chi connectivity index (χ2n) is 28.4. The molecule has 0 saturated carbocycles. The number of aromatic hydroxyl groups is 3. The molecule has 0 aromatic heterocycles. The summed E-state index contributed by atoms with van der Waals surface area (Å²) in [6.45, 7) is 5.13. The number of carbonyl (C=O) groups excluding carboxylic acids is 7. The smallest absolute Gasteiger partial charge is 0.330 e. The van der Waals surface area contributed by atoms with Crippen molar-refractivity contribution in [3.8, 4) is 57.1 Å². The number of rotatable bonds is 14. The zero-order valence-electron chi connectivity index (χ0n) is 60.6. The predicted molar refractivity (Wildman–Crippen MR) is 385 cm³/mol. The SMILES string of the molecule is CN[C@H](CC(C)C)C(=O)N[C@H]1C(=O)N[C@@H](CC(N)=O)C(=O)N[C@H]2C(=O)N[C@H]3C(=O)N[C@H](C(=O)N[C@@H](C(=O)O)c4cc(O)cc(O)c4-c4cc3ccc4O)[C@H](O)c3ccc(c(Cl)c3)Oc3cc2cc(c3O[C@@H]2O[C@H](CO)[C@@H](O)[C@H](O)[C@H]2O[C@H]2C[C@](C)(N)C(O)[C@H](C)O2)Oc2ccc(cc2Cl)[C@H]1O.OC[C@H]1O[C@H](O)[C@H](O)[C@@H](O)[C@H]1O. The van der Waals surface area contributed by atoms with E-state index in [9.17, 15) is 75.0 Å². The molecule has 8 aliphatic rings. The monoisotopic (exact) mass is 1630 g/mol. The first-order valence-electron chi connectivity index (χ1n) is 35.2. The third kappa shape index (κ3) is 18.9. The molecule has 8 heterocycles. The van der Waals surface area contributed by atoms with Gasteiger partial charge in [-0.3, -0.25) is 33.6 Å². The fourth-order valence-corrected chi connectivity index (χ4v) is 14.0. The Bertz CT molecular complexity index is 4410. The fourth-order valence-electron chi connectivity index (χ4n) is 13.6. The molecule has 3 fully saturated rings. The van der Waals surface area contributed by atoms with Crippen LogP contribution in [0.5, 0.6) is 46.0 Å². The van der Waals surface area contributed by atoms with Crippen molar-refractivity contribution in [2.75, 3.05) is 20.3 Å². The highest BCUT2D eigenvalue weighted by molar-refractivity contribution is 6.32. The summed E-state index contributed by atoms with van der Waals surface area (Å²) in [6, 6.07) is -0.679. The van der Waals surface area contributed by atoms with Crippen LogP contribution in [-0.4, -0.2) is 254 Å². The molecule has 41 heteroatoms. The maximum Gasteiger partial charge on any atom is 0.330 e. The van der Waals surface area contributed by atoms with Crippen LogP contribution in [-0.2, 0) is 57.3 Å². The van der Waals surface area contributed by atoms with Crippen LogP contribution in [0.15, 0.2) is 78.9 Å². The number of amides is 7. The van der Waals surface area contributed by atoms with Crippen LogP contribution in [0.4, 0.5) is 0 Å². The number of benzene rings is 5. The van der Waals surface area contributed by atoms with E-state index >= 15 is 14.4 Å². The summed E-state index contributed by atoms with van der Waals surface area (Å²) in [6.07, 6.45) is -25.6. The number of primary amides is 1. The van der Waals surface area contributed by atoms with Crippen molar-refractivity contribution in [1.82, 2.24) is 37.2 Å². The van der Waals surface area contributed by atoms with E-state index in [0.29, 0.717) is 0 Å². The Hall–Kier alpha value is -9.44. The Labute approximate surface area is 651 Å². The number of aliphatic hydroxyl groups is 11. The predicted octanol–water partition coefficient (Wildman–Crippen LogP) is -3.12. The van der Waals surface area contributed by atoms with Crippen LogP contribution in [0.2, 0.25) is 10.0 Å². The number of carbonyl (C=O) groups is 8. The van der Waals surface area contributed by atoms with Gasteiger partial charge in [0.2, 0.25) is 53.4 Å². The molecule has 0 radical (unpaired) electrons. The minimum atomic E-state index is -2.35. The second kappa shape index (κ2) is 35.5. The summed E-state index contributed by atoms with van der Waals surface area (Å²) in [5.74, 6) is -16.0. The number of hydrogen-bond donors (Lipinski definition) is 24. The van der Waals surface area contributed by atoms with E-state index in [1.807, 2.05) is 13.8 Å². The van der Waals surface area contributed by atoms with Crippen LogP contribution >= 0.6 is 23.2 Å². The van der Waals surface area contributed by atoms with Gasteiger partial charge in [-0.25, -0.2) is 4.79 Å². The number of nitrogens with one attached hydrogen (secondary N) is 7. The molecule has 614 valence electrons. The molecule has 13 rings (SSSR count). The van der Waals surface area contributed by atoms with Crippen molar-refractivity contribution in [1.29, 1.82) is 0 Å². The number of aliphatic hydroxyl groups excluding tert-OH is 11. The van der Waals surface area contributed by atoms with Crippen LogP contribution < -0.4 is 62.9 Å². The first-order chi connectivity index (χ1) is 53.2. The minimum absolute atomic E-state index is 0.0975. The number of carboxylic acids is 1.